The fourth-order valence-electron chi connectivity index (χ4n) is 0.825. The number of nitrogens with zero attached hydrogens (tertiary/aromatic N) is 2. The van der Waals surface area contributed by atoms with E-state index in [4.69, 9.17) is 18.9 Å². The molecular weight excluding hydrogens is 228 g/mol. The largest absolute Gasteiger partial charge is 0.305 e. The third kappa shape index (κ3) is 6.52. The Morgan fingerprint density at radius 2 is 1.31 bits per heavy atom. The molecule has 0 rings (SSSR count). The van der Waals surface area contributed by atoms with Crippen LogP contribution in [0.15, 0.2) is 0 Å². The summed E-state index contributed by atoms with van der Waals surface area (Å²) in [7, 11) is 0. The van der Waals surface area contributed by atoms with E-state index in [1.165, 1.54) is 0 Å². The molecule has 0 atom stereocenters. The van der Waals surface area contributed by atoms with Gasteiger partial charge in [-0.3, -0.25) is 8.37 Å². The molecule has 0 saturated carbocycles. The lowest BCUT2D eigenvalue weighted by atomic mass is 10.1. The zero-order chi connectivity index (χ0) is 12.8. The molecule has 0 heterocycles. The van der Waals surface area contributed by atoms with Crippen molar-refractivity contribution in [3.8, 4) is 12.1 Å². The fourth-order valence-corrected chi connectivity index (χ4v) is 1.71. The fraction of sp³-hybridized carbons (Fsp3) is 0.800. The van der Waals surface area contributed by atoms with Crippen LogP contribution in [-0.4, -0.2) is 15.4 Å². The molecule has 0 aromatic heterocycles. The molecule has 0 N–H and O–H groups in total. The molecule has 0 radical (unpaired) electrons. The quantitative estimate of drug-likeness (QED) is 0.713. The van der Waals surface area contributed by atoms with Gasteiger partial charge in [0.15, 0.2) is 0 Å². The van der Waals surface area contributed by atoms with Crippen molar-refractivity contribution in [3.63, 3.8) is 0 Å². The van der Waals surface area contributed by atoms with Gasteiger partial charge in [0.25, 0.3) is 0 Å². The Balaban J connectivity index is 4.31. The molecule has 0 amide bonds. The summed E-state index contributed by atoms with van der Waals surface area (Å²) in [5.74, 6) is 0. The summed E-state index contributed by atoms with van der Waals surface area (Å²) in [5, 5.41) is 17.0. The Hall–Kier alpha value is -0.950. The van der Waals surface area contributed by atoms with E-state index in [1.54, 1.807) is 27.7 Å². The smallest absolute Gasteiger partial charge is 0.261 e. The summed E-state index contributed by atoms with van der Waals surface area (Å²) in [4.78, 5) is 0. The van der Waals surface area contributed by atoms with Crippen molar-refractivity contribution in [1.29, 1.82) is 10.5 Å². The lowest BCUT2D eigenvalue weighted by Gasteiger charge is -2.24. The van der Waals surface area contributed by atoms with E-state index < -0.39 is 22.6 Å². The Labute approximate surface area is 98.8 Å². The predicted octanol–water partition coefficient (Wildman–Crippen LogP) is 1.98. The van der Waals surface area contributed by atoms with Crippen LogP contribution in [0, 0.1) is 22.7 Å². The minimum absolute atomic E-state index is 0.112. The second-order valence-electron chi connectivity index (χ2n) is 4.56. The van der Waals surface area contributed by atoms with Crippen LogP contribution in [0.25, 0.3) is 0 Å². The Kier molecular flexibility index (Phi) is 5.60. The van der Waals surface area contributed by atoms with Crippen molar-refractivity contribution in [2.45, 2.75) is 51.7 Å². The van der Waals surface area contributed by atoms with Crippen molar-refractivity contribution in [1.82, 2.24) is 0 Å². The highest BCUT2D eigenvalue weighted by molar-refractivity contribution is 7.75. The summed E-state index contributed by atoms with van der Waals surface area (Å²) in [5.41, 5.74) is -1.66. The standard InChI is InChI=1S/C10H16N2O3S/c1-9(2,5-7-11)14-16(13)15-10(3,4)6-8-12/h5-6H2,1-4H3. The number of hydrogen-bond donors (Lipinski definition) is 0. The topological polar surface area (TPSA) is 83.1 Å². The first-order chi connectivity index (χ1) is 7.22. The van der Waals surface area contributed by atoms with Gasteiger partial charge in [0.05, 0.1) is 36.2 Å². The predicted molar refractivity (Wildman–Crippen MR) is 58.9 cm³/mol. The van der Waals surface area contributed by atoms with Crippen LogP contribution in [-0.2, 0) is 19.7 Å². The summed E-state index contributed by atoms with van der Waals surface area (Å²) in [6.07, 6.45) is 0.224. The molecular formula is C10H16N2O3S. The molecule has 5 nitrogen and oxygen atoms in total. The molecule has 0 aliphatic rings. The minimum Gasteiger partial charge on any atom is -0.261 e. The van der Waals surface area contributed by atoms with Crippen LogP contribution in [0.4, 0.5) is 0 Å². The van der Waals surface area contributed by atoms with Crippen molar-refractivity contribution >= 4 is 11.4 Å². The van der Waals surface area contributed by atoms with Crippen LogP contribution in [0.3, 0.4) is 0 Å². The zero-order valence-corrected chi connectivity index (χ0v) is 10.8. The molecule has 0 aliphatic carbocycles. The number of rotatable bonds is 6. The van der Waals surface area contributed by atoms with Gasteiger partial charge in [0.2, 0.25) is 0 Å². The normalized spacial score (nSPS) is 12.2. The summed E-state index contributed by atoms with van der Waals surface area (Å²) in [6.45, 7) is 6.59. The van der Waals surface area contributed by atoms with Crippen molar-refractivity contribution in [2.75, 3.05) is 0 Å². The van der Waals surface area contributed by atoms with Crippen molar-refractivity contribution in [2.24, 2.45) is 0 Å². The van der Waals surface area contributed by atoms with E-state index in [-0.39, 0.29) is 12.8 Å². The molecule has 0 fully saturated rings. The summed E-state index contributed by atoms with van der Waals surface area (Å²) >= 11 is -1.96. The van der Waals surface area contributed by atoms with Crippen LogP contribution < -0.4 is 0 Å². The van der Waals surface area contributed by atoms with E-state index >= 15 is 0 Å². The average Bonchev–Trinajstić information content (AvgIpc) is 1.99. The van der Waals surface area contributed by atoms with Crippen molar-refractivity contribution < 1.29 is 12.6 Å². The van der Waals surface area contributed by atoms with Crippen LogP contribution in [0.2, 0.25) is 0 Å². The minimum atomic E-state index is -1.96. The molecule has 0 bridgehead atoms. The lowest BCUT2D eigenvalue weighted by Crippen LogP contribution is -2.31. The molecule has 16 heavy (non-hydrogen) atoms. The maximum absolute atomic E-state index is 11.5. The highest BCUT2D eigenvalue weighted by atomic mass is 32.2. The van der Waals surface area contributed by atoms with E-state index in [0.717, 1.165) is 0 Å². The van der Waals surface area contributed by atoms with Crippen LogP contribution in [0.1, 0.15) is 40.5 Å². The monoisotopic (exact) mass is 244 g/mol. The van der Waals surface area contributed by atoms with Crippen molar-refractivity contribution in [3.05, 3.63) is 0 Å². The molecule has 0 unspecified atom stereocenters. The third-order valence-electron chi connectivity index (χ3n) is 1.60. The first kappa shape index (κ1) is 15.0. The number of nitriles is 2. The SMILES string of the molecule is CC(C)(CC#N)OS(=O)OC(C)(C)CC#N. The average molecular weight is 244 g/mol. The Morgan fingerprint density at radius 3 is 1.56 bits per heavy atom. The van der Waals surface area contributed by atoms with Gasteiger partial charge < -0.3 is 0 Å². The first-order valence-electron chi connectivity index (χ1n) is 4.77. The highest BCUT2D eigenvalue weighted by Gasteiger charge is 2.28. The van der Waals surface area contributed by atoms with E-state index in [9.17, 15) is 4.21 Å². The second kappa shape index (κ2) is 5.95. The van der Waals surface area contributed by atoms with E-state index in [2.05, 4.69) is 0 Å². The van der Waals surface area contributed by atoms with Gasteiger partial charge in [-0.25, -0.2) is 0 Å². The van der Waals surface area contributed by atoms with Gasteiger partial charge >= 0.3 is 11.4 Å². The lowest BCUT2D eigenvalue weighted by molar-refractivity contribution is 0.0640. The summed E-state index contributed by atoms with van der Waals surface area (Å²) < 4.78 is 21.6. The molecule has 0 aromatic carbocycles. The highest BCUT2D eigenvalue weighted by Crippen LogP contribution is 2.21. The van der Waals surface area contributed by atoms with Gasteiger partial charge in [0.1, 0.15) is 0 Å². The summed E-state index contributed by atoms with van der Waals surface area (Å²) in [6, 6.07) is 3.87. The van der Waals surface area contributed by atoms with Gasteiger partial charge in [-0.05, 0) is 27.7 Å². The third-order valence-corrected chi connectivity index (χ3v) is 2.77. The molecule has 0 saturated heterocycles. The van der Waals surface area contributed by atoms with Gasteiger partial charge in [-0.15, -0.1) is 0 Å². The van der Waals surface area contributed by atoms with Gasteiger partial charge in [-0.1, -0.05) is 0 Å². The molecule has 90 valence electrons. The van der Waals surface area contributed by atoms with Gasteiger partial charge in [-0.2, -0.15) is 14.7 Å². The maximum atomic E-state index is 11.5. The maximum Gasteiger partial charge on any atom is 0.305 e. The first-order valence-corrected chi connectivity index (χ1v) is 5.77. The Bertz CT molecular complexity index is 307. The zero-order valence-electron chi connectivity index (χ0n) is 9.94. The molecule has 0 aromatic rings. The second-order valence-corrected chi connectivity index (χ2v) is 5.30. The Morgan fingerprint density at radius 1 is 1.00 bits per heavy atom. The van der Waals surface area contributed by atoms with E-state index in [1.807, 2.05) is 12.1 Å². The molecule has 0 spiro atoms. The molecule has 0 aliphatic heterocycles. The molecule has 6 heteroatoms. The van der Waals surface area contributed by atoms with Gasteiger partial charge in [0, 0.05) is 0 Å². The van der Waals surface area contributed by atoms with E-state index in [0.29, 0.717) is 0 Å². The number of hydrogen-bond acceptors (Lipinski definition) is 5. The van der Waals surface area contributed by atoms with Crippen LogP contribution in [0.5, 0.6) is 0 Å². The van der Waals surface area contributed by atoms with Crippen LogP contribution >= 0.6 is 0 Å².